The van der Waals surface area contributed by atoms with E-state index in [-0.39, 0.29) is 6.04 Å². The van der Waals surface area contributed by atoms with Crippen molar-refractivity contribution in [1.82, 2.24) is 20.3 Å². The minimum atomic E-state index is 0.104. The first kappa shape index (κ1) is 14.4. The Hall–Kier alpha value is -1.53. The molecule has 0 saturated carbocycles. The number of nitrogens with two attached hydrogens (primary N) is 1. The molecular weight excluding hydrogens is 262 g/mol. The lowest BCUT2D eigenvalue weighted by Gasteiger charge is -2.35. The van der Waals surface area contributed by atoms with E-state index < -0.39 is 0 Å². The van der Waals surface area contributed by atoms with Gasteiger partial charge in [0.1, 0.15) is 0 Å². The predicted molar refractivity (Wildman–Crippen MR) is 85.7 cm³/mol. The number of hydrogen-bond acceptors (Lipinski definition) is 5. The standard InChI is InChI=1S/C16H23N5/c1-20-8-10-21(11-9-20)19-15(12-17)14-6-2-4-13-5-3-7-18-16(13)14/h2-7,15,19H,8-12,17H2,1H3. The molecule has 5 nitrogen and oxygen atoms in total. The molecule has 21 heavy (non-hydrogen) atoms. The highest BCUT2D eigenvalue weighted by atomic mass is 15.5. The van der Waals surface area contributed by atoms with Crippen LogP contribution >= 0.6 is 0 Å². The van der Waals surface area contributed by atoms with Crippen LogP contribution in [-0.2, 0) is 0 Å². The number of para-hydroxylation sites is 1. The minimum absolute atomic E-state index is 0.104. The summed E-state index contributed by atoms with van der Waals surface area (Å²) in [5.74, 6) is 0. The number of hydrazine groups is 1. The number of hydrogen-bond donors (Lipinski definition) is 2. The van der Waals surface area contributed by atoms with E-state index in [0.717, 1.165) is 37.1 Å². The number of pyridine rings is 1. The molecule has 3 N–H and O–H groups in total. The van der Waals surface area contributed by atoms with E-state index in [2.05, 4.69) is 51.6 Å². The first-order chi connectivity index (χ1) is 10.3. The number of nitrogens with zero attached hydrogens (tertiary/aromatic N) is 3. The molecule has 1 aliphatic rings. The summed E-state index contributed by atoms with van der Waals surface area (Å²) >= 11 is 0. The number of aromatic nitrogens is 1. The van der Waals surface area contributed by atoms with E-state index in [1.165, 1.54) is 5.56 Å². The average Bonchev–Trinajstić information content (AvgIpc) is 2.54. The molecule has 1 saturated heterocycles. The highest BCUT2D eigenvalue weighted by Crippen LogP contribution is 2.22. The van der Waals surface area contributed by atoms with Gasteiger partial charge in [0, 0.05) is 44.3 Å². The van der Waals surface area contributed by atoms with Crippen molar-refractivity contribution in [3.05, 3.63) is 42.1 Å². The van der Waals surface area contributed by atoms with Gasteiger partial charge in [0.05, 0.1) is 11.6 Å². The fraction of sp³-hybridized carbons (Fsp3) is 0.438. The number of benzene rings is 1. The molecule has 0 bridgehead atoms. The van der Waals surface area contributed by atoms with Crippen molar-refractivity contribution in [3.8, 4) is 0 Å². The quantitative estimate of drug-likeness (QED) is 0.877. The fourth-order valence-corrected chi connectivity index (χ4v) is 2.81. The topological polar surface area (TPSA) is 57.4 Å². The second kappa shape index (κ2) is 6.49. The van der Waals surface area contributed by atoms with Gasteiger partial charge in [-0.15, -0.1) is 0 Å². The molecule has 1 aromatic heterocycles. The fourth-order valence-electron chi connectivity index (χ4n) is 2.81. The van der Waals surface area contributed by atoms with E-state index in [1.807, 2.05) is 12.3 Å². The van der Waals surface area contributed by atoms with Crippen molar-refractivity contribution in [2.45, 2.75) is 6.04 Å². The van der Waals surface area contributed by atoms with Gasteiger partial charge in [0.2, 0.25) is 0 Å². The molecule has 0 radical (unpaired) electrons. The van der Waals surface area contributed by atoms with Crippen LogP contribution in [0.3, 0.4) is 0 Å². The van der Waals surface area contributed by atoms with E-state index in [9.17, 15) is 0 Å². The van der Waals surface area contributed by atoms with Gasteiger partial charge in [0.25, 0.3) is 0 Å². The summed E-state index contributed by atoms with van der Waals surface area (Å²) in [6, 6.07) is 10.5. The van der Waals surface area contributed by atoms with Crippen LogP contribution in [0.5, 0.6) is 0 Å². The summed E-state index contributed by atoms with van der Waals surface area (Å²) in [5.41, 5.74) is 11.8. The summed E-state index contributed by atoms with van der Waals surface area (Å²) in [5, 5.41) is 3.44. The molecule has 0 spiro atoms. The highest BCUT2D eigenvalue weighted by molar-refractivity contribution is 5.82. The van der Waals surface area contributed by atoms with Gasteiger partial charge >= 0.3 is 0 Å². The highest BCUT2D eigenvalue weighted by Gasteiger charge is 2.19. The van der Waals surface area contributed by atoms with Crippen molar-refractivity contribution in [2.75, 3.05) is 39.8 Å². The predicted octanol–water partition coefficient (Wildman–Crippen LogP) is 0.987. The SMILES string of the molecule is CN1CCN(NC(CN)c2cccc3cccnc23)CC1. The van der Waals surface area contributed by atoms with E-state index >= 15 is 0 Å². The maximum atomic E-state index is 6.01. The van der Waals surface area contributed by atoms with Crippen LogP contribution in [0.25, 0.3) is 10.9 Å². The van der Waals surface area contributed by atoms with E-state index in [1.54, 1.807) is 0 Å². The molecule has 1 aliphatic heterocycles. The Balaban J connectivity index is 1.81. The normalized spacial score (nSPS) is 19.0. The van der Waals surface area contributed by atoms with Crippen LogP contribution in [0.1, 0.15) is 11.6 Å². The minimum Gasteiger partial charge on any atom is -0.329 e. The summed E-state index contributed by atoms with van der Waals surface area (Å²) < 4.78 is 0. The number of likely N-dealkylation sites (N-methyl/N-ethyl adjacent to an activating group) is 1. The first-order valence-electron chi connectivity index (χ1n) is 7.51. The molecule has 1 atom stereocenters. The second-order valence-electron chi connectivity index (χ2n) is 5.63. The number of fused-ring (bicyclic) bond motifs is 1. The summed E-state index contributed by atoms with van der Waals surface area (Å²) in [7, 11) is 2.16. The largest absolute Gasteiger partial charge is 0.329 e. The van der Waals surface area contributed by atoms with Gasteiger partial charge in [-0.05, 0) is 18.7 Å². The maximum absolute atomic E-state index is 6.01. The van der Waals surface area contributed by atoms with Gasteiger partial charge in [0.15, 0.2) is 0 Å². The van der Waals surface area contributed by atoms with Crippen molar-refractivity contribution in [3.63, 3.8) is 0 Å². The van der Waals surface area contributed by atoms with Crippen LogP contribution in [0.15, 0.2) is 36.5 Å². The molecule has 0 amide bonds. The number of nitrogens with one attached hydrogen (secondary N) is 1. The molecule has 1 aromatic carbocycles. The zero-order valence-electron chi connectivity index (χ0n) is 12.5. The zero-order valence-corrected chi connectivity index (χ0v) is 12.5. The van der Waals surface area contributed by atoms with Crippen molar-refractivity contribution >= 4 is 10.9 Å². The summed E-state index contributed by atoms with van der Waals surface area (Å²) in [4.78, 5) is 6.88. The summed E-state index contributed by atoms with van der Waals surface area (Å²) in [6.45, 7) is 4.76. The molecule has 3 rings (SSSR count). The zero-order chi connectivity index (χ0) is 14.7. The van der Waals surface area contributed by atoms with Crippen molar-refractivity contribution < 1.29 is 0 Å². The molecule has 2 heterocycles. The van der Waals surface area contributed by atoms with Gasteiger partial charge < -0.3 is 10.6 Å². The number of piperazine rings is 1. The van der Waals surface area contributed by atoms with Crippen LogP contribution < -0.4 is 11.2 Å². The van der Waals surface area contributed by atoms with E-state index in [4.69, 9.17) is 5.73 Å². The van der Waals surface area contributed by atoms with Gasteiger partial charge in [-0.1, -0.05) is 24.3 Å². The Morgan fingerprint density at radius 3 is 2.71 bits per heavy atom. The van der Waals surface area contributed by atoms with Crippen LogP contribution in [0.4, 0.5) is 0 Å². The maximum Gasteiger partial charge on any atom is 0.0750 e. The Kier molecular flexibility index (Phi) is 4.45. The van der Waals surface area contributed by atoms with Gasteiger partial charge in [-0.25, -0.2) is 10.4 Å². The average molecular weight is 285 g/mol. The van der Waals surface area contributed by atoms with Gasteiger partial charge in [-0.3, -0.25) is 4.98 Å². The molecular formula is C16H23N5. The summed E-state index contributed by atoms with van der Waals surface area (Å²) in [6.07, 6.45) is 1.84. The smallest absolute Gasteiger partial charge is 0.0750 e. The third kappa shape index (κ3) is 3.22. The third-order valence-electron chi connectivity index (χ3n) is 4.12. The van der Waals surface area contributed by atoms with Crippen LogP contribution in [-0.4, -0.2) is 54.7 Å². The Morgan fingerprint density at radius 1 is 1.19 bits per heavy atom. The first-order valence-corrected chi connectivity index (χ1v) is 7.51. The molecule has 0 aliphatic carbocycles. The molecule has 2 aromatic rings. The Labute approximate surface area is 125 Å². The van der Waals surface area contributed by atoms with E-state index in [0.29, 0.717) is 6.54 Å². The van der Waals surface area contributed by atoms with Crippen LogP contribution in [0.2, 0.25) is 0 Å². The van der Waals surface area contributed by atoms with Gasteiger partial charge in [-0.2, -0.15) is 0 Å². The van der Waals surface area contributed by atoms with Crippen LogP contribution in [0, 0.1) is 0 Å². The Morgan fingerprint density at radius 2 is 1.95 bits per heavy atom. The van der Waals surface area contributed by atoms with Crippen molar-refractivity contribution in [2.24, 2.45) is 5.73 Å². The Bertz CT molecular complexity index is 587. The third-order valence-corrected chi connectivity index (χ3v) is 4.12. The monoisotopic (exact) mass is 285 g/mol. The number of rotatable bonds is 4. The molecule has 1 unspecified atom stereocenters. The molecule has 112 valence electrons. The second-order valence-corrected chi connectivity index (χ2v) is 5.63. The lowest BCUT2D eigenvalue weighted by atomic mass is 10.0. The van der Waals surface area contributed by atoms with Crippen molar-refractivity contribution in [1.29, 1.82) is 0 Å². The molecule has 1 fully saturated rings. The lowest BCUT2D eigenvalue weighted by molar-refractivity contribution is 0.0882. The lowest BCUT2D eigenvalue weighted by Crippen LogP contribution is -2.52. The molecule has 5 heteroatoms.